The van der Waals surface area contributed by atoms with Gasteiger partial charge in [0.2, 0.25) is 0 Å². The van der Waals surface area contributed by atoms with Crippen LogP contribution in [0.25, 0.3) is 0 Å². The summed E-state index contributed by atoms with van der Waals surface area (Å²) in [4.78, 5) is 17.9. The van der Waals surface area contributed by atoms with E-state index in [0.29, 0.717) is 13.1 Å². The van der Waals surface area contributed by atoms with E-state index in [0.717, 1.165) is 22.3 Å². The number of hydroxylamine groups is 2. The number of rotatable bonds is 5. The molecular formula is C24H31NO4. The quantitative estimate of drug-likeness (QED) is 0.801. The van der Waals surface area contributed by atoms with Gasteiger partial charge in [0.25, 0.3) is 0 Å². The number of benzene rings is 2. The molecule has 0 aliphatic carbocycles. The van der Waals surface area contributed by atoms with Gasteiger partial charge in [0.1, 0.15) is 0 Å². The van der Waals surface area contributed by atoms with Gasteiger partial charge in [0.15, 0.2) is 0 Å². The molecule has 0 spiro atoms. The van der Waals surface area contributed by atoms with Gasteiger partial charge in [-0.1, -0.05) is 48.5 Å². The molecule has 3 rings (SSSR count). The molecule has 5 heteroatoms. The van der Waals surface area contributed by atoms with Crippen LogP contribution in [0.1, 0.15) is 69.1 Å². The Morgan fingerprint density at radius 1 is 0.966 bits per heavy atom. The van der Waals surface area contributed by atoms with Crippen LogP contribution >= 0.6 is 0 Å². The Morgan fingerprint density at radius 2 is 1.41 bits per heavy atom. The lowest BCUT2D eigenvalue weighted by Crippen LogP contribution is -2.60. The Hall–Kier alpha value is -2.21. The predicted molar refractivity (Wildman–Crippen MR) is 112 cm³/mol. The van der Waals surface area contributed by atoms with E-state index >= 15 is 0 Å². The van der Waals surface area contributed by atoms with Crippen LogP contribution < -0.4 is 0 Å². The van der Waals surface area contributed by atoms with Gasteiger partial charge in [-0.2, -0.15) is 0 Å². The van der Waals surface area contributed by atoms with Crippen LogP contribution in [0.2, 0.25) is 0 Å². The van der Waals surface area contributed by atoms with Crippen molar-refractivity contribution in [1.29, 1.82) is 0 Å². The molecule has 1 aliphatic heterocycles. The Balaban J connectivity index is 1.97. The first-order valence-electron chi connectivity index (χ1n) is 10.1. The summed E-state index contributed by atoms with van der Waals surface area (Å²) >= 11 is 0. The van der Waals surface area contributed by atoms with E-state index in [9.17, 15) is 15.0 Å². The molecule has 0 bridgehead atoms. The highest BCUT2D eigenvalue weighted by Gasteiger charge is 2.48. The monoisotopic (exact) mass is 397 g/mol. The molecule has 0 amide bonds. The normalized spacial score (nSPS) is 18.6. The van der Waals surface area contributed by atoms with E-state index < -0.39 is 17.6 Å². The minimum absolute atomic E-state index is 0.262. The molecule has 2 N–H and O–H groups in total. The Morgan fingerprint density at radius 3 is 1.79 bits per heavy atom. The third-order valence-electron chi connectivity index (χ3n) is 5.56. The second kappa shape index (κ2) is 7.90. The van der Waals surface area contributed by atoms with Crippen molar-refractivity contribution in [2.24, 2.45) is 5.41 Å². The minimum atomic E-state index is -0.573. The van der Waals surface area contributed by atoms with Crippen molar-refractivity contribution in [2.75, 3.05) is 13.1 Å². The maximum absolute atomic E-state index is 12.3. The van der Waals surface area contributed by atoms with Gasteiger partial charge in [0, 0.05) is 0 Å². The lowest BCUT2D eigenvalue weighted by Gasteiger charge is -2.49. The molecule has 0 aromatic heterocycles. The Labute approximate surface area is 172 Å². The molecule has 2 aromatic rings. The van der Waals surface area contributed by atoms with Crippen LogP contribution in [0.15, 0.2) is 48.5 Å². The van der Waals surface area contributed by atoms with Crippen LogP contribution in [0.3, 0.4) is 0 Å². The topological polar surface area (TPSA) is 70.0 Å². The van der Waals surface area contributed by atoms with Gasteiger partial charge in [-0.15, -0.1) is 5.06 Å². The van der Waals surface area contributed by atoms with Gasteiger partial charge in [-0.05, 0) is 56.9 Å². The van der Waals surface area contributed by atoms with Gasteiger partial charge < -0.3 is 15.1 Å². The third kappa shape index (κ3) is 4.37. The van der Waals surface area contributed by atoms with E-state index in [4.69, 9.17) is 4.84 Å². The minimum Gasteiger partial charge on any atom is -0.389 e. The van der Waals surface area contributed by atoms with E-state index in [1.807, 2.05) is 69.3 Å². The molecule has 1 heterocycles. The number of nitrogens with zero attached hydrogens (tertiary/aromatic N) is 1. The first kappa shape index (κ1) is 21.5. The molecule has 1 aliphatic rings. The molecule has 2 unspecified atom stereocenters. The van der Waals surface area contributed by atoms with Crippen LogP contribution in [-0.2, 0) is 15.0 Å². The smallest absolute Gasteiger partial charge is 0.330 e. The van der Waals surface area contributed by atoms with Crippen LogP contribution in [-0.4, -0.2) is 34.3 Å². The van der Waals surface area contributed by atoms with Crippen molar-refractivity contribution in [1.82, 2.24) is 5.06 Å². The number of hydrogen-bond acceptors (Lipinski definition) is 5. The lowest BCUT2D eigenvalue weighted by molar-refractivity contribution is -0.229. The summed E-state index contributed by atoms with van der Waals surface area (Å²) in [5.41, 5.74) is 2.85. The summed E-state index contributed by atoms with van der Waals surface area (Å²) in [6.45, 7) is 10.0. The van der Waals surface area contributed by atoms with E-state index in [-0.39, 0.29) is 11.4 Å². The molecule has 1 fully saturated rings. The zero-order chi connectivity index (χ0) is 21.4. The van der Waals surface area contributed by atoms with Crippen molar-refractivity contribution in [3.05, 3.63) is 70.8 Å². The summed E-state index contributed by atoms with van der Waals surface area (Å²) < 4.78 is 0. The molecule has 2 aromatic carbocycles. The molecule has 1 saturated heterocycles. The highest BCUT2D eigenvalue weighted by molar-refractivity contribution is 5.75. The van der Waals surface area contributed by atoms with Crippen molar-refractivity contribution in [3.8, 4) is 0 Å². The average molecular weight is 398 g/mol. The van der Waals surface area contributed by atoms with Crippen molar-refractivity contribution in [3.63, 3.8) is 0 Å². The number of aliphatic hydroxyl groups is 2. The summed E-state index contributed by atoms with van der Waals surface area (Å²) in [6.07, 6.45) is -1.13. The molecule has 0 radical (unpaired) electrons. The maximum atomic E-state index is 12.3. The summed E-state index contributed by atoms with van der Waals surface area (Å²) in [7, 11) is 0. The molecule has 156 valence electrons. The zero-order valence-corrected chi connectivity index (χ0v) is 17.8. The Bertz CT molecular complexity index is 823. The summed E-state index contributed by atoms with van der Waals surface area (Å²) in [5.74, 6) is -0.262. The molecule has 5 nitrogen and oxygen atoms in total. The highest BCUT2D eigenvalue weighted by atomic mass is 16.7. The first-order valence-corrected chi connectivity index (χ1v) is 10.1. The standard InChI is InChI=1S/C24H31NO4/c1-16(26)18-8-6-10-20(12-18)24(21-11-7-9-19(13-21)17(2)27)14-25(15-24)29-22(28)23(3,4)5/h6-13,16-17,26-27H,14-15H2,1-5H3. The molecule has 2 atom stereocenters. The largest absolute Gasteiger partial charge is 0.389 e. The molecule has 0 saturated carbocycles. The predicted octanol–water partition coefficient (Wildman–Crippen LogP) is 3.90. The number of hydrogen-bond donors (Lipinski definition) is 2. The number of carbonyl (C=O) groups excluding carboxylic acids is 1. The first-order chi connectivity index (χ1) is 13.5. The van der Waals surface area contributed by atoms with Gasteiger partial charge in [0.05, 0.1) is 36.1 Å². The van der Waals surface area contributed by atoms with Gasteiger partial charge in [-0.25, -0.2) is 4.79 Å². The average Bonchev–Trinajstić information content (AvgIpc) is 2.63. The highest BCUT2D eigenvalue weighted by Crippen LogP contribution is 2.42. The molecular weight excluding hydrogens is 366 g/mol. The second-order valence-electron chi connectivity index (χ2n) is 9.11. The fraction of sp³-hybridized carbons (Fsp3) is 0.458. The lowest BCUT2D eigenvalue weighted by atomic mass is 9.69. The second-order valence-corrected chi connectivity index (χ2v) is 9.11. The summed E-state index contributed by atoms with van der Waals surface area (Å²) in [6, 6.07) is 15.8. The SMILES string of the molecule is CC(O)c1cccc(C2(c3cccc(C(C)O)c3)CN(OC(=O)C(C)(C)C)C2)c1. The van der Waals surface area contributed by atoms with Gasteiger partial charge in [-0.3, -0.25) is 0 Å². The maximum Gasteiger partial charge on any atom is 0.330 e. The van der Waals surface area contributed by atoms with Crippen molar-refractivity contribution >= 4 is 5.97 Å². The Kier molecular flexibility index (Phi) is 5.86. The zero-order valence-electron chi connectivity index (χ0n) is 17.8. The van der Waals surface area contributed by atoms with Crippen molar-refractivity contribution in [2.45, 2.75) is 52.2 Å². The summed E-state index contributed by atoms with van der Waals surface area (Å²) in [5, 5.41) is 21.8. The van der Waals surface area contributed by atoms with Crippen LogP contribution in [0.4, 0.5) is 0 Å². The van der Waals surface area contributed by atoms with Crippen molar-refractivity contribution < 1.29 is 19.8 Å². The number of carbonyl (C=O) groups is 1. The van der Waals surface area contributed by atoms with Crippen LogP contribution in [0, 0.1) is 5.41 Å². The third-order valence-corrected chi connectivity index (χ3v) is 5.56. The van der Waals surface area contributed by atoms with E-state index in [1.54, 1.807) is 18.9 Å². The van der Waals surface area contributed by atoms with E-state index in [1.165, 1.54) is 0 Å². The number of aliphatic hydroxyl groups excluding tert-OH is 2. The fourth-order valence-corrected chi connectivity index (χ4v) is 3.60. The van der Waals surface area contributed by atoms with E-state index in [2.05, 4.69) is 0 Å². The van der Waals surface area contributed by atoms with Gasteiger partial charge >= 0.3 is 5.97 Å². The molecule has 29 heavy (non-hydrogen) atoms. The fourth-order valence-electron chi connectivity index (χ4n) is 3.60. The van der Waals surface area contributed by atoms with Crippen LogP contribution in [0.5, 0.6) is 0 Å².